The Bertz CT molecular complexity index is 1040. The van der Waals surface area contributed by atoms with E-state index in [-0.39, 0.29) is 0 Å². The van der Waals surface area contributed by atoms with E-state index in [1.807, 2.05) is 54.7 Å². The molecular weight excluding hydrogens is 402 g/mol. The van der Waals surface area contributed by atoms with Gasteiger partial charge < -0.3 is 5.73 Å². The van der Waals surface area contributed by atoms with E-state index in [1.54, 1.807) is 4.68 Å². The van der Waals surface area contributed by atoms with Gasteiger partial charge in [0.1, 0.15) is 5.82 Å². The summed E-state index contributed by atoms with van der Waals surface area (Å²) in [4.78, 5) is 8.95. The van der Waals surface area contributed by atoms with E-state index in [0.29, 0.717) is 28.9 Å². The first-order valence-electron chi connectivity index (χ1n) is 7.61. The molecule has 0 amide bonds. The molecule has 0 fully saturated rings. The largest absolute Gasteiger partial charge is 0.383 e. The molecule has 4 rings (SSSR count). The van der Waals surface area contributed by atoms with Crippen LogP contribution >= 0.6 is 27.5 Å². The smallest absolute Gasteiger partial charge is 0.186 e. The Morgan fingerprint density at radius 1 is 1.04 bits per heavy atom. The summed E-state index contributed by atoms with van der Waals surface area (Å²) in [7, 11) is 0. The number of benzene rings is 2. The van der Waals surface area contributed by atoms with E-state index >= 15 is 0 Å². The summed E-state index contributed by atoms with van der Waals surface area (Å²) in [6.07, 6.45) is 1.84. The first kappa shape index (κ1) is 16.1. The highest BCUT2D eigenvalue weighted by molar-refractivity contribution is 9.10. The maximum absolute atomic E-state index is 6.29. The minimum Gasteiger partial charge on any atom is -0.383 e. The lowest BCUT2D eigenvalue weighted by Gasteiger charge is -2.06. The fourth-order valence-corrected chi connectivity index (χ4v) is 3.46. The first-order chi connectivity index (χ1) is 12.1. The van der Waals surface area contributed by atoms with Crippen molar-refractivity contribution in [3.05, 3.63) is 69.8 Å². The van der Waals surface area contributed by atoms with Crippen LogP contribution in [0.1, 0.15) is 5.56 Å². The molecule has 4 aromatic rings. The SMILES string of the molecule is Nc1nc(-c2ccccc2)nc2nn(Cc3c(Cl)cccc3Br)cc12. The maximum atomic E-state index is 6.29. The molecule has 7 heteroatoms. The zero-order valence-electron chi connectivity index (χ0n) is 13.0. The second kappa shape index (κ2) is 6.46. The molecule has 0 saturated carbocycles. The molecule has 0 unspecified atom stereocenters. The van der Waals surface area contributed by atoms with Crippen LogP contribution in [0.2, 0.25) is 5.02 Å². The van der Waals surface area contributed by atoms with Crippen molar-refractivity contribution < 1.29 is 0 Å². The Morgan fingerprint density at radius 2 is 1.84 bits per heavy atom. The van der Waals surface area contributed by atoms with Crippen LogP contribution in [0.4, 0.5) is 5.82 Å². The minimum absolute atomic E-state index is 0.410. The summed E-state index contributed by atoms with van der Waals surface area (Å²) < 4.78 is 2.71. The molecule has 0 spiro atoms. The van der Waals surface area contributed by atoms with Gasteiger partial charge in [0.25, 0.3) is 0 Å². The first-order valence-corrected chi connectivity index (χ1v) is 8.78. The average Bonchev–Trinajstić information content (AvgIpc) is 3.02. The number of anilines is 1. The molecule has 124 valence electrons. The Labute approximate surface area is 157 Å². The van der Waals surface area contributed by atoms with Crippen molar-refractivity contribution in [2.24, 2.45) is 0 Å². The van der Waals surface area contributed by atoms with Crippen molar-refractivity contribution in [3.63, 3.8) is 0 Å². The molecule has 0 aliphatic heterocycles. The molecule has 5 nitrogen and oxygen atoms in total. The van der Waals surface area contributed by atoms with Crippen LogP contribution in [-0.2, 0) is 6.54 Å². The van der Waals surface area contributed by atoms with E-state index in [1.165, 1.54) is 0 Å². The molecular formula is C18H13BrClN5. The predicted molar refractivity (Wildman–Crippen MR) is 103 cm³/mol. The van der Waals surface area contributed by atoms with Crippen LogP contribution in [0, 0.1) is 0 Å². The lowest BCUT2D eigenvalue weighted by atomic mass is 10.2. The molecule has 2 N–H and O–H groups in total. The van der Waals surface area contributed by atoms with Crippen molar-refractivity contribution in [1.82, 2.24) is 19.7 Å². The molecule has 0 aliphatic carbocycles. The van der Waals surface area contributed by atoms with Crippen molar-refractivity contribution in [3.8, 4) is 11.4 Å². The lowest BCUT2D eigenvalue weighted by Crippen LogP contribution is -2.01. The van der Waals surface area contributed by atoms with Gasteiger partial charge in [-0.1, -0.05) is 63.9 Å². The van der Waals surface area contributed by atoms with E-state index in [0.717, 1.165) is 21.0 Å². The third-order valence-electron chi connectivity index (χ3n) is 3.87. The highest BCUT2D eigenvalue weighted by Crippen LogP contribution is 2.27. The molecule has 0 saturated heterocycles. The second-order valence-corrected chi connectivity index (χ2v) is 6.82. The summed E-state index contributed by atoms with van der Waals surface area (Å²) >= 11 is 9.82. The Kier molecular flexibility index (Phi) is 4.15. The average molecular weight is 415 g/mol. The van der Waals surface area contributed by atoms with Gasteiger partial charge in [-0.25, -0.2) is 9.97 Å². The molecule has 0 atom stereocenters. The number of aromatic nitrogens is 4. The summed E-state index contributed by atoms with van der Waals surface area (Å²) in [6.45, 7) is 0.511. The number of nitrogens with two attached hydrogens (primary N) is 1. The molecule has 25 heavy (non-hydrogen) atoms. The number of halogens is 2. The number of hydrogen-bond acceptors (Lipinski definition) is 4. The normalized spacial score (nSPS) is 11.1. The van der Waals surface area contributed by atoms with Crippen LogP contribution in [0.5, 0.6) is 0 Å². The van der Waals surface area contributed by atoms with Gasteiger partial charge in [-0.05, 0) is 12.1 Å². The van der Waals surface area contributed by atoms with E-state index in [9.17, 15) is 0 Å². The molecule has 2 aromatic carbocycles. The molecule has 2 heterocycles. The summed E-state index contributed by atoms with van der Waals surface area (Å²) in [5, 5.41) is 5.95. The fraction of sp³-hybridized carbons (Fsp3) is 0.0556. The highest BCUT2D eigenvalue weighted by atomic mass is 79.9. The molecule has 0 radical (unpaired) electrons. The van der Waals surface area contributed by atoms with Gasteiger partial charge in [-0.15, -0.1) is 0 Å². The Morgan fingerprint density at radius 3 is 2.60 bits per heavy atom. The maximum Gasteiger partial charge on any atom is 0.186 e. The third-order valence-corrected chi connectivity index (χ3v) is 4.97. The van der Waals surface area contributed by atoms with Crippen molar-refractivity contribution in [2.45, 2.75) is 6.54 Å². The van der Waals surface area contributed by atoms with E-state index in [4.69, 9.17) is 17.3 Å². The predicted octanol–water partition coefficient (Wildman–Crippen LogP) is 4.54. The molecule has 0 bridgehead atoms. The Hall–Kier alpha value is -2.44. The zero-order chi connectivity index (χ0) is 17.4. The van der Waals surface area contributed by atoms with Gasteiger partial charge in [0.05, 0.1) is 11.9 Å². The monoisotopic (exact) mass is 413 g/mol. The van der Waals surface area contributed by atoms with Crippen LogP contribution in [-0.4, -0.2) is 19.7 Å². The lowest BCUT2D eigenvalue weighted by molar-refractivity contribution is 0.691. The van der Waals surface area contributed by atoms with Crippen molar-refractivity contribution in [1.29, 1.82) is 0 Å². The van der Waals surface area contributed by atoms with Crippen LogP contribution in [0.3, 0.4) is 0 Å². The van der Waals surface area contributed by atoms with Gasteiger partial charge in [-0.3, -0.25) is 4.68 Å². The zero-order valence-corrected chi connectivity index (χ0v) is 15.4. The van der Waals surface area contributed by atoms with Gasteiger partial charge in [0, 0.05) is 26.8 Å². The number of nitrogens with zero attached hydrogens (tertiary/aromatic N) is 4. The van der Waals surface area contributed by atoms with Crippen molar-refractivity contribution in [2.75, 3.05) is 5.73 Å². The van der Waals surface area contributed by atoms with Crippen LogP contribution in [0.25, 0.3) is 22.4 Å². The van der Waals surface area contributed by atoms with Gasteiger partial charge in [0.15, 0.2) is 11.5 Å². The summed E-state index contributed by atoms with van der Waals surface area (Å²) in [5.41, 5.74) is 8.54. The third kappa shape index (κ3) is 3.10. The summed E-state index contributed by atoms with van der Waals surface area (Å²) in [5.74, 6) is 0.975. The fourth-order valence-electron chi connectivity index (χ4n) is 2.62. The quantitative estimate of drug-likeness (QED) is 0.534. The van der Waals surface area contributed by atoms with Gasteiger partial charge in [0.2, 0.25) is 0 Å². The number of rotatable bonds is 3. The standard InChI is InChI=1S/C18H13BrClN5/c19-14-7-4-8-15(20)12(14)9-25-10-13-16(21)22-17(23-18(13)24-25)11-5-2-1-3-6-11/h1-8,10H,9H2,(H2,21,22,23,24). The second-order valence-electron chi connectivity index (χ2n) is 5.56. The Balaban J connectivity index is 1.77. The minimum atomic E-state index is 0.410. The van der Waals surface area contributed by atoms with Gasteiger partial charge >= 0.3 is 0 Å². The van der Waals surface area contributed by atoms with Gasteiger partial charge in [-0.2, -0.15) is 5.10 Å². The summed E-state index contributed by atoms with van der Waals surface area (Å²) in [6, 6.07) is 15.4. The molecule has 2 aromatic heterocycles. The topological polar surface area (TPSA) is 69.6 Å². The van der Waals surface area contributed by atoms with E-state index < -0.39 is 0 Å². The number of fused-ring (bicyclic) bond motifs is 1. The molecule has 0 aliphatic rings. The highest BCUT2D eigenvalue weighted by Gasteiger charge is 2.13. The van der Waals surface area contributed by atoms with Crippen LogP contribution < -0.4 is 5.73 Å². The number of hydrogen-bond donors (Lipinski definition) is 1. The van der Waals surface area contributed by atoms with Crippen LogP contribution in [0.15, 0.2) is 59.2 Å². The van der Waals surface area contributed by atoms with Crippen molar-refractivity contribution >= 4 is 44.4 Å². The van der Waals surface area contributed by atoms with E-state index in [2.05, 4.69) is 31.0 Å². The number of nitrogen functional groups attached to an aromatic ring is 1.